The first-order valence-corrected chi connectivity index (χ1v) is 10.6. The summed E-state index contributed by atoms with van der Waals surface area (Å²) in [5.74, 6) is 1.47. The maximum atomic E-state index is 12.3. The van der Waals surface area contributed by atoms with E-state index in [2.05, 4.69) is 15.6 Å². The average Bonchev–Trinajstić information content (AvgIpc) is 2.76. The van der Waals surface area contributed by atoms with Crippen molar-refractivity contribution in [2.45, 2.75) is 32.2 Å². The fraction of sp³-hybridized carbons (Fsp3) is 0.636. The maximum absolute atomic E-state index is 12.3. The molecule has 1 aliphatic heterocycles. The number of rotatable bonds is 11. The van der Waals surface area contributed by atoms with Crippen LogP contribution in [0.5, 0.6) is 0 Å². The molecule has 0 bridgehead atoms. The van der Waals surface area contributed by atoms with Crippen LogP contribution in [0, 0.1) is 5.92 Å². The van der Waals surface area contributed by atoms with Crippen LogP contribution in [0.1, 0.15) is 31.2 Å². The molecule has 2 rings (SSSR count). The number of halogens is 1. The second-order valence-corrected chi connectivity index (χ2v) is 7.40. The lowest BCUT2D eigenvalue weighted by molar-refractivity contribution is -0.130. The van der Waals surface area contributed by atoms with Gasteiger partial charge in [-0.25, -0.2) is 0 Å². The van der Waals surface area contributed by atoms with Crippen molar-refractivity contribution < 1.29 is 14.3 Å². The highest BCUT2D eigenvalue weighted by molar-refractivity contribution is 14.0. The number of amides is 1. The molecule has 1 saturated heterocycles. The summed E-state index contributed by atoms with van der Waals surface area (Å²) in [6.07, 6.45) is 3.56. The summed E-state index contributed by atoms with van der Waals surface area (Å²) >= 11 is 0. The number of hydrogen-bond donors (Lipinski definition) is 2. The molecule has 0 aliphatic carbocycles. The van der Waals surface area contributed by atoms with Crippen molar-refractivity contribution in [3.05, 3.63) is 35.9 Å². The van der Waals surface area contributed by atoms with Gasteiger partial charge in [-0.3, -0.25) is 9.79 Å². The van der Waals surface area contributed by atoms with Gasteiger partial charge in [-0.1, -0.05) is 30.3 Å². The Morgan fingerprint density at radius 2 is 1.90 bits per heavy atom. The first-order valence-electron chi connectivity index (χ1n) is 10.6. The molecule has 170 valence electrons. The van der Waals surface area contributed by atoms with Gasteiger partial charge in [-0.15, -0.1) is 24.0 Å². The minimum Gasteiger partial charge on any atom is -0.381 e. The normalized spacial score (nSPS) is 14.7. The number of nitrogens with one attached hydrogen (secondary N) is 2. The number of nitrogens with zero attached hydrogens (tertiary/aromatic N) is 2. The zero-order chi connectivity index (χ0) is 20.7. The van der Waals surface area contributed by atoms with Gasteiger partial charge < -0.3 is 25.0 Å². The number of guanidine groups is 1. The Hall–Kier alpha value is -1.39. The molecule has 2 N–H and O–H groups in total. The lowest BCUT2D eigenvalue weighted by Crippen LogP contribution is -2.40. The molecule has 7 nitrogen and oxygen atoms in total. The molecule has 0 atom stereocenters. The lowest BCUT2D eigenvalue weighted by atomic mass is 10.0. The Kier molecular flexibility index (Phi) is 14.5. The first kappa shape index (κ1) is 26.6. The minimum atomic E-state index is 0. The van der Waals surface area contributed by atoms with Gasteiger partial charge in [0.1, 0.15) is 0 Å². The molecule has 0 radical (unpaired) electrons. The number of benzene rings is 1. The van der Waals surface area contributed by atoms with Crippen LogP contribution in [0.3, 0.4) is 0 Å². The third-order valence-electron chi connectivity index (χ3n) is 5.00. The average molecular weight is 532 g/mol. The van der Waals surface area contributed by atoms with Gasteiger partial charge in [0.25, 0.3) is 0 Å². The van der Waals surface area contributed by atoms with Gasteiger partial charge in [0.15, 0.2) is 5.96 Å². The Morgan fingerprint density at radius 3 is 2.60 bits per heavy atom. The number of carbonyl (C=O) groups excluding carboxylic acids is 1. The summed E-state index contributed by atoms with van der Waals surface area (Å²) in [6.45, 7) is 5.26. The van der Waals surface area contributed by atoms with E-state index in [1.54, 1.807) is 11.9 Å². The van der Waals surface area contributed by atoms with Crippen LogP contribution in [0.2, 0.25) is 0 Å². The smallest absolute Gasteiger partial charge is 0.224 e. The van der Waals surface area contributed by atoms with Crippen LogP contribution < -0.4 is 10.6 Å². The largest absolute Gasteiger partial charge is 0.381 e. The van der Waals surface area contributed by atoms with E-state index in [9.17, 15) is 4.79 Å². The van der Waals surface area contributed by atoms with Crippen molar-refractivity contribution in [1.82, 2.24) is 15.5 Å². The van der Waals surface area contributed by atoms with Crippen LogP contribution in [0.25, 0.3) is 0 Å². The van der Waals surface area contributed by atoms with Crippen LogP contribution >= 0.6 is 24.0 Å². The van der Waals surface area contributed by atoms with Crippen molar-refractivity contribution in [2.75, 3.05) is 53.6 Å². The Balaban J connectivity index is 0.00000450. The van der Waals surface area contributed by atoms with E-state index in [0.717, 1.165) is 57.8 Å². The molecule has 30 heavy (non-hydrogen) atoms. The summed E-state index contributed by atoms with van der Waals surface area (Å²) in [5, 5.41) is 6.46. The van der Waals surface area contributed by atoms with Crippen LogP contribution in [-0.4, -0.2) is 70.4 Å². The molecule has 1 aliphatic rings. The van der Waals surface area contributed by atoms with Crippen molar-refractivity contribution in [2.24, 2.45) is 10.9 Å². The van der Waals surface area contributed by atoms with E-state index in [4.69, 9.17) is 9.47 Å². The van der Waals surface area contributed by atoms with E-state index in [1.807, 2.05) is 37.4 Å². The molecule has 0 saturated carbocycles. The van der Waals surface area contributed by atoms with E-state index in [1.165, 1.54) is 0 Å². The zero-order valence-corrected chi connectivity index (χ0v) is 20.6. The second kappa shape index (κ2) is 16.3. The van der Waals surface area contributed by atoms with Crippen molar-refractivity contribution >= 4 is 35.8 Å². The van der Waals surface area contributed by atoms with Gasteiger partial charge in [0.2, 0.25) is 5.91 Å². The van der Waals surface area contributed by atoms with Crippen LogP contribution in [-0.2, 0) is 20.8 Å². The Morgan fingerprint density at radius 1 is 1.20 bits per heavy atom. The summed E-state index contributed by atoms with van der Waals surface area (Å²) in [4.78, 5) is 18.2. The Labute approximate surface area is 198 Å². The summed E-state index contributed by atoms with van der Waals surface area (Å²) in [6, 6.07) is 10.0. The number of carbonyl (C=O) groups is 1. The van der Waals surface area contributed by atoms with E-state index >= 15 is 0 Å². The molecule has 1 aromatic rings. The first-order chi connectivity index (χ1) is 14.2. The van der Waals surface area contributed by atoms with Crippen LogP contribution in [0.4, 0.5) is 0 Å². The van der Waals surface area contributed by atoms with Gasteiger partial charge in [0, 0.05) is 66.6 Å². The molecule has 0 spiro atoms. The third-order valence-corrected chi connectivity index (χ3v) is 5.00. The maximum Gasteiger partial charge on any atom is 0.224 e. The molecule has 1 heterocycles. The van der Waals surface area contributed by atoms with E-state index in [-0.39, 0.29) is 29.9 Å². The lowest BCUT2D eigenvalue weighted by Gasteiger charge is -2.21. The van der Waals surface area contributed by atoms with Crippen LogP contribution in [0.15, 0.2) is 35.3 Å². The van der Waals surface area contributed by atoms with Crippen molar-refractivity contribution in [3.63, 3.8) is 0 Å². The number of ether oxygens (including phenoxy) is 2. The van der Waals surface area contributed by atoms with E-state index < -0.39 is 0 Å². The molecule has 8 heteroatoms. The monoisotopic (exact) mass is 532 g/mol. The SMILES string of the molecule is CN=C(NCCCOCC1CCOCC1)NCCC(=O)N(C)Cc1ccccc1.I. The van der Waals surface area contributed by atoms with E-state index in [0.29, 0.717) is 31.4 Å². The predicted molar refractivity (Wildman–Crippen MR) is 131 cm³/mol. The quantitative estimate of drug-likeness (QED) is 0.199. The fourth-order valence-corrected chi connectivity index (χ4v) is 3.19. The molecule has 1 amide bonds. The zero-order valence-electron chi connectivity index (χ0n) is 18.3. The summed E-state index contributed by atoms with van der Waals surface area (Å²) in [5.41, 5.74) is 1.13. The molecule has 0 aromatic heterocycles. The molecule has 0 unspecified atom stereocenters. The summed E-state index contributed by atoms with van der Waals surface area (Å²) < 4.78 is 11.1. The molecular formula is C22H37IN4O3. The summed E-state index contributed by atoms with van der Waals surface area (Å²) in [7, 11) is 3.57. The predicted octanol–water partition coefficient (Wildman–Crippen LogP) is 2.65. The molecule has 1 fully saturated rings. The minimum absolute atomic E-state index is 0. The van der Waals surface area contributed by atoms with Gasteiger partial charge in [-0.05, 0) is 30.7 Å². The standard InChI is InChI=1S/C22H36N4O3.HI/c1-23-22(24-12-6-14-29-18-20-10-15-28-16-11-20)25-13-9-21(27)26(2)17-19-7-4-3-5-8-19;/h3-5,7-8,20H,6,9-18H2,1-2H3,(H2,23,24,25);1H. The topological polar surface area (TPSA) is 75.2 Å². The van der Waals surface area contributed by atoms with Gasteiger partial charge in [-0.2, -0.15) is 0 Å². The molecule has 1 aromatic carbocycles. The second-order valence-electron chi connectivity index (χ2n) is 7.40. The van der Waals surface area contributed by atoms with Crippen molar-refractivity contribution in [3.8, 4) is 0 Å². The van der Waals surface area contributed by atoms with Gasteiger partial charge in [0.05, 0.1) is 0 Å². The highest BCUT2D eigenvalue weighted by Gasteiger charge is 2.13. The fourth-order valence-electron chi connectivity index (χ4n) is 3.19. The highest BCUT2D eigenvalue weighted by Crippen LogP contribution is 2.14. The highest BCUT2D eigenvalue weighted by atomic mass is 127. The van der Waals surface area contributed by atoms with Crippen molar-refractivity contribution in [1.29, 1.82) is 0 Å². The Bertz CT molecular complexity index is 610. The third kappa shape index (κ3) is 11.1. The number of aliphatic imine (C=N–C) groups is 1. The molecular weight excluding hydrogens is 495 g/mol. The van der Waals surface area contributed by atoms with Gasteiger partial charge >= 0.3 is 0 Å². The number of hydrogen-bond acceptors (Lipinski definition) is 4.